The van der Waals surface area contributed by atoms with Crippen LogP contribution in [0.3, 0.4) is 0 Å². The first-order valence-corrected chi connectivity index (χ1v) is 8.88. The highest BCUT2D eigenvalue weighted by molar-refractivity contribution is 5.81. The van der Waals surface area contributed by atoms with Crippen LogP contribution in [0, 0.1) is 6.92 Å². The van der Waals surface area contributed by atoms with E-state index < -0.39 is 12.1 Å². The van der Waals surface area contributed by atoms with Crippen LogP contribution in [0.25, 0.3) is 0 Å². The topological polar surface area (TPSA) is 70.1 Å². The normalized spacial score (nSPS) is 16.7. The third-order valence-corrected chi connectivity index (χ3v) is 4.72. The molecule has 0 aliphatic carbocycles. The molecule has 1 N–H and O–H groups in total. The summed E-state index contributed by atoms with van der Waals surface area (Å²) in [7, 11) is 0. The quantitative estimate of drug-likeness (QED) is 0.818. The minimum absolute atomic E-state index is 0.0136. The zero-order valence-electron chi connectivity index (χ0n) is 15.3. The number of amides is 1. The van der Waals surface area contributed by atoms with Crippen LogP contribution >= 0.6 is 0 Å². The summed E-state index contributed by atoms with van der Waals surface area (Å²) < 4.78 is 5.75. The Morgan fingerprint density at radius 1 is 1.28 bits per heavy atom. The fraction of sp³-hybridized carbons (Fsp3) is 0.579. The van der Waals surface area contributed by atoms with Gasteiger partial charge in [-0.25, -0.2) is 0 Å². The largest absolute Gasteiger partial charge is 0.481 e. The molecule has 0 spiro atoms. The number of carboxylic acid groups (broad SMARTS) is 1. The minimum Gasteiger partial charge on any atom is -0.481 e. The SMILES string of the molecule is CCN(CC(=O)O)C1CCN(C(=O)C(C)Oc2ccc(C)cc2)CC1. The van der Waals surface area contributed by atoms with Gasteiger partial charge in [-0.1, -0.05) is 24.6 Å². The molecule has 1 aromatic rings. The van der Waals surface area contributed by atoms with Crippen molar-refractivity contribution < 1.29 is 19.4 Å². The van der Waals surface area contributed by atoms with Gasteiger partial charge in [0.25, 0.3) is 5.91 Å². The van der Waals surface area contributed by atoms with Crippen molar-refractivity contribution in [1.29, 1.82) is 0 Å². The zero-order chi connectivity index (χ0) is 18.4. The number of likely N-dealkylation sites (N-methyl/N-ethyl adjacent to an activating group) is 1. The molecule has 6 heteroatoms. The molecule has 138 valence electrons. The van der Waals surface area contributed by atoms with E-state index in [2.05, 4.69) is 0 Å². The van der Waals surface area contributed by atoms with Gasteiger partial charge in [0.15, 0.2) is 6.10 Å². The predicted molar refractivity (Wildman–Crippen MR) is 95.8 cm³/mol. The molecule has 0 aromatic heterocycles. The number of piperidine rings is 1. The average Bonchev–Trinajstić information content (AvgIpc) is 2.61. The maximum Gasteiger partial charge on any atom is 0.317 e. The highest BCUT2D eigenvalue weighted by Gasteiger charge is 2.29. The van der Waals surface area contributed by atoms with Gasteiger partial charge in [-0.05, 0) is 45.4 Å². The third-order valence-electron chi connectivity index (χ3n) is 4.72. The predicted octanol–water partition coefficient (Wildman–Crippen LogP) is 2.16. The smallest absolute Gasteiger partial charge is 0.317 e. The van der Waals surface area contributed by atoms with Crippen molar-refractivity contribution in [2.45, 2.75) is 45.8 Å². The summed E-state index contributed by atoms with van der Waals surface area (Å²) in [6, 6.07) is 7.88. The summed E-state index contributed by atoms with van der Waals surface area (Å²) >= 11 is 0. The molecule has 0 bridgehead atoms. The van der Waals surface area contributed by atoms with Crippen LogP contribution in [-0.4, -0.2) is 65.1 Å². The van der Waals surface area contributed by atoms with Crippen LogP contribution in [0.15, 0.2) is 24.3 Å². The molecule has 0 radical (unpaired) electrons. The maximum atomic E-state index is 12.6. The first-order valence-electron chi connectivity index (χ1n) is 8.88. The van der Waals surface area contributed by atoms with Gasteiger partial charge in [-0.2, -0.15) is 0 Å². The number of hydrogen-bond acceptors (Lipinski definition) is 4. The first-order chi connectivity index (χ1) is 11.9. The van der Waals surface area contributed by atoms with Gasteiger partial charge in [0.2, 0.25) is 0 Å². The lowest BCUT2D eigenvalue weighted by Gasteiger charge is -2.38. The molecule has 1 fully saturated rings. The van der Waals surface area contributed by atoms with Crippen molar-refractivity contribution in [3.63, 3.8) is 0 Å². The van der Waals surface area contributed by atoms with E-state index >= 15 is 0 Å². The molecule has 1 heterocycles. The monoisotopic (exact) mass is 348 g/mol. The molecule has 1 amide bonds. The number of nitrogens with zero attached hydrogens (tertiary/aromatic N) is 2. The lowest BCUT2D eigenvalue weighted by Crippen LogP contribution is -2.50. The van der Waals surface area contributed by atoms with Gasteiger partial charge in [0.05, 0.1) is 6.54 Å². The van der Waals surface area contributed by atoms with Crippen LogP contribution in [0.4, 0.5) is 0 Å². The number of benzene rings is 1. The van der Waals surface area contributed by atoms with Crippen LogP contribution in [0.2, 0.25) is 0 Å². The molecule has 1 aromatic carbocycles. The summed E-state index contributed by atoms with van der Waals surface area (Å²) in [5.74, 6) is -0.124. The second-order valence-electron chi connectivity index (χ2n) is 6.59. The number of carbonyl (C=O) groups excluding carboxylic acids is 1. The number of hydrogen-bond donors (Lipinski definition) is 1. The van der Waals surface area contributed by atoms with Gasteiger partial charge < -0.3 is 14.7 Å². The Labute approximate surface area is 149 Å². The molecule has 0 saturated carbocycles. The third kappa shape index (κ3) is 5.46. The number of aryl methyl sites for hydroxylation is 1. The number of carboxylic acids is 1. The molecular weight excluding hydrogens is 320 g/mol. The molecular formula is C19H28N2O4. The molecule has 1 atom stereocenters. The van der Waals surface area contributed by atoms with Crippen LogP contribution < -0.4 is 4.74 Å². The number of ether oxygens (including phenoxy) is 1. The van der Waals surface area contributed by atoms with Crippen molar-refractivity contribution in [1.82, 2.24) is 9.80 Å². The molecule has 1 aliphatic heterocycles. The Morgan fingerprint density at radius 3 is 2.40 bits per heavy atom. The van der Waals surface area contributed by atoms with Crippen LogP contribution in [0.1, 0.15) is 32.3 Å². The first kappa shape index (κ1) is 19.2. The van der Waals surface area contributed by atoms with E-state index in [1.54, 1.807) is 6.92 Å². The van der Waals surface area contributed by atoms with Crippen LogP contribution in [0.5, 0.6) is 5.75 Å². The van der Waals surface area contributed by atoms with E-state index in [0.717, 1.165) is 18.4 Å². The zero-order valence-corrected chi connectivity index (χ0v) is 15.3. The van der Waals surface area contributed by atoms with Crippen molar-refractivity contribution in [3.05, 3.63) is 29.8 Å². The summed E-state index contributed by atoms with van der Waals surface area (Å²) in [5.41, 5.74) is 1.15. The molecule has 1 aliphatic rings. The Kier molecular flexibility index (Phi) is 6.82. The highest BCUT2D eigenvalue weighted by Crippen LogP contribution is 2.19. The number of rotatable bonds is 7. The van der Waals surface area contributed by atoms with Gasteiger partial charge in [0.1, 0.15) is 5.75 Å². The molecule has 1 unspecified atom stereocenters. The van der Waals surface area contributed by atoms with Crippen molar-refractivity contribution in [2.75, 3.05) is 26.2 Å². The Bertz CT molecular complexity index is 580. The lowest BCUT2D eigenvalue weighted by atomic mass is 10.0. The van der Waals surface area contributed by atoms with Gasteiger partial charge in [-0.15, -0.1) is 0 Å². The van der Waals surface area contributed by atoms with Crippen molar-refractivity contribution in [3.8, 4) is 5.75 Å². The van der Waals surface area contributed by atoms with Gasteiger partial charge in [-0.3, -0.25) is 14.5 Å². The molecule has 25 heavy (non-hydrogen) atoms. The van der Waals surface area contributed by atoms with E-state index in [-0.39, 0.29) is 18.5 Å². The lowest BCUT2D eigenvalue weighted by molar-refractivity contribution is -0.142. The molecule has 1 saturated heterocycles. The minimum atomic E-state index is -0.805. The fourth-order valence-electron chi connectivity index (χ4n) is 3.25. The second kappa shape index (κ2) is 8.85. The average molecular weight is 348 g/mol. The Morgan fingerprint density at radius 2 is 1.88 bits per heavy atom. The van der Waals surface area contributed by atoms with Crippen LogP contribution in [-0.2, 0) is 9.59 Å². The summed E-state index contributed by atoms with van der Waals surface area (Å²) in [4.78, 5) is 27.3. The van der Waals surface area contributed by atoms with E-state index in [9.17, 15) is 9.59 Å². The number of carbonyl (C=O) groups is 2. The number of likely N-dealkylation sites (tertiary alicyclic amines) is 1. The molecule has 6 nitrogen and oxygen atoms in total. The summed E-state index contributed by atoms with van der Waals surface area (Å²) in [6.07, 6.45) is 1.06. The summed E-state index contributed by atoms with van der Waals surface area (Å²) in [6.45, 7) is 7.80. The number of aliphatic carboxylic acids is 1. The van der Waals surface area contributed by atoms with E-state index in [4.69, 9.17) is 9.84 Å². The van der Waals surface area contributed by atoms with E-state index in [1.807, 2.05) is 47.9 Å². The van der Waals surface area contributed by atoms with Crippen molar-refractivity contribution in [2.24, 2.45) is 0 Å². The Hall–Kier alpha value is -2.08. The second-order valence-corrected chi connectivity index (χ2v) is 6.59. The Balaban J connectivity index is 1.85. The van der Waals surface area contributed by atoms with Gasteiger partial charge >= 0.3 is 5.97 Å². The maximum absolute atomic E-state index is 12.6. The van der Waals surface area contributed by atoms with Crippen molar-refractivity contribution >= 4 is 11.9 Å². The highest BCUT2D eigenvalue weighted by atomic mass is 16.5. The van der Waals surface area contributed by atoms with E-state index in [1.165, 1.54) is 0 Å². The standard InChI is InChI=1S/C19H28N2O4/c1-4-20(13-18(22)23)16-9-11-21(12-10-16)19(24)15(3)25-17-7-5-14(2)6-8-17/h5-8,15-16H,4,9-13H2,1-3H3,(H,22,23). The van der Waals surface area contributed by atoms with E-state index in [0.29, 0.717) is 25.4 Å². The fourth-order valence-corrected chi connectivity index (χ4v) is 3.25. The van der Waals surface area contributed by atoms with Gasteiger partial charge in [0, 0.05) is 19.1 Å². The summed E-state index contributed by atoms with van der Waals surface area (Å²) in [5, 5.41) is 8.99. The molecule has 2 rings (SSSR count).